The molecule has 22 heavy (non-hydrogen) atoms. The fourth-order valence-electron chi connectivity index (χ4n) is 2.96. The second-order valence-corrected chi connectivity index (χ2v) is 5.63. The molecule has 0 bridgehead atoms. The number of aryl methyl sites for hydroxylation is 1. The first kappa shape index (κ1) is 15.1. The summed E-state index contributed by atoms with van der Waals surface area (Å²) in [5, 5.41) is 0. The molecule has 1 heterocycles. The maximum absolute atomic E-state index is 14.5. The van der Waals surface area contributed by atoms with E-state index in [0.29, 0.717) is 0 Å². The third kappa shape index (κ3) is 2.62. The summed E-state index contributed by atoms with van der Waals surface area (Å²) in [5.74, 6) is -1.31. The average Bonchev–Trinajstić information content (AvgIpc) is 2.84. The highest BCUT2D eigenvalue weighted by Gasteiger charge is 2.23. The van der Waals surface area contributed by atoms with Crippen LogP contribution in [-0.2, 0) is 7.05 Å². The van der Waals surface area contributed by atoms with E-state index in [1.54, 1.807) is 14.0 Å². The largest absolute Gasteiger partial charge is 0.491 e. The van der Waals surface area contributed by atoms with Crippen molar-refractivity contribution >= 4 is 11.0 Å². The van der Waals surface area contributed by atoms with E-state index in [2.05, 4.69) is 4.98 Å². The summed E-state index contributed by atoms with van der Waals surface area (Å²) in [6.45, 7) is 1.99. The molecule has 3 rings (SSSR count). The van der Waals surface area contributed by atoms with Crippen molar-refractivity contribution in [3.8, 4) is 11.8 Å². The minimum absolute atomic E-state index is 0.0192. The van der Waals surface area contributed by atoms with Crippen molar-refractivity contribution in [1.82, 2.24) is 9.55 Å². The molecule has 120 valence electrons. The molecule has 1 aromatic carbocycles. The highest BCUT2D eigenvalue weighted by molar-refractivity contribution is 5.80. The van der Waals surface area contributed by atoms with Crippen LogP contribution in [0, 0.1) is 11.6 Å². The third-order valence-electron chi connectivity index (χ3n) is 4.09. The SMILES string of the molecule is CCOc1cc(F)c2nc(OC3CCCCC3)n(C)c2c1F. The van der Waals surface area contributed by atoms with Gasteiger partial charge in [-0.1, -0.05) is 6.42 Å². The maximum atomic E-state index is 14.5. The lowest BCUT2D eigenvalue weighted by molar-refractivity contribution is 0.138. The first-order valence-corrected chi connectivity index (χ1v) is 7.75. The number of rotatable bonds is 4. The highest BCUT2D eigenvalue weighted by Crippen LogP contribution is 2.32. The number of hydrogen-bond donors (Lipinski definition) is 0. The number of halogens is 2. The molecule has 0 saturated heterocycles. The molecule has 0 N–H and O–H groups in total. The van der Waals surface area contributed by atoms with Gasteiger partial charge in [-0.15, -0.1) is 0 Å². The van der Waals surface area contributed by atoms with Gasteiger partial charge in [0.2, 0.25) is 0 Å². The fraction of sp³-hybridized carbons (Fsp3) is 0.562. The predicted octanol–water partition coefficient (Wildman–Crippen LogP) is 3.96. The molecule has 0 radical (unpaired) electrons. The summed E-state index contributed by atoms with van der Waals surface area (Å²) in [6, 6.07) is 1.30. The van der Waals surface area contributed by atoms with Gasteiger partial charge in [-0.05, 0) is 32.6 Å². The Balaban J connectivity index is 2.00. The zero-order chi connectivity index (χ0) is 15.7. The van der Waals surface area contributed by atoms with Gasteiger partial charge in [0.15, 0.2) is 17.4 Å². The Kier molecular flexibility index (Phi) is 4.18. The fourth-order valence-corrected chi connectivity index (χ4v) is 2.96. The molecule has 1 aliphatic rings. The van der Waals surface area contributed by atoms with Gasteiger partial charge in [0.05, 0.1) is 6.61 Å². The van der Waals surface area contributed by atoms with Crippen LogP contribution in [0.2, 0.25) is 0 Å². The smallest absolute Gasteiger partial charge is 0.297 e. The van der Waals surface area contributed by atoms with Gasteiger partial charge < -0.3 is 9.47 Å². The zero-order valence-electron chi connectivity index (χ0n) is 12.9. The second kappa shape index (κ2) is 6.10. The number of ether oxygens (including phenoxy) is 2. The first-order valence-electron chi connectivity index (χ1n) is 7.75. The molecule has 4 nitrogen and oxygen atoms in total. The topological polar surface area (TPSA) is 36.3 Å². The molecule has 2 aromatic rings. The van der Waals surface area contributed by atoms with Crippen molar-refractivity contribution in [3.05, 3.63) is 17.7 Å². The van der Waals surface area contributed by atoms with Crippen LogP contribution in [0.1, 0.15) is 39.0 Å². The van der Waals surface area contributed by atoms with Crippen molar-refractivity contribution < 1.29 is 18.3 Å². The van der Waals surface area contributed by atoms with Crippen LogP contribution in [0.4, 0.5) is 8.78 Å². The Morgan fingerprint density at radius 3 is 2.68 bits per heavy atom. The molecule has 0 unspecified atom stereocenters. The lowest BCUT2D eigenvalue weighted by atomic mass is 9.98. The molecule has 0 amide bonds. The molecule has 1 fully saturated rings. The molecular formula is C16H20F2N2O2. The number of aromatic nitrogens is 2. The first-order chi connectivity index (χ1) is 10.6. The predicted molar refractivity (Wildman–Crippen MR) is 79.3 cm³/mol. The van der Waals surface area contributed by atoms with Crippen LogP contribution in [-0.4, -0.2) is 22.3 Å². The Morgan fingerprint density at radius 1 is 1.27 bits per heavy atom. The quantitative estimate of drug-likeness (QED) is 0.857. The van der Waals surface area contributed by atoms with Crippen LogP contribution in [0.3, 0.4) is 0 Å². The number of fused-ring (bicyclic) bond motifs is 1. The summed E-state index contributed by atoms with van der Waals surface area (Å²) >= 11 is 0. The summed E-state index contributed by atoms with van der Waals surface area (Å²) < 4.78 is 41.1. The number of nitrogens with zero attached hydrogens (tertiary/aromatic N) is 2. The molecule has 6 heteroatoms. The van der Waals surface area contributed by atoms with E-state index in [1.807, 2.05) is 0 Å². The lowest BCUT2D eigenvalue weighted by Crippen LogP contribution is -2.21. The molecule has 1 aliphatic carbocycles. The van der Waals surface area contributed by atoms with E-state index in [1.165, 1.54) is 11.0 Å². The van der Waals surface area contributed by atoms with Gasteiger partial charge in [0.1, 0.15) is 17.1 Å². The summed E-state index contributed by atoms with van der Waals surface area (Å²) in [5.41, 5.74) is 0.0588. The van der Waals surface area contributed by atoms with Gasteiger partial charge in [-0.2, -0.15) is 4.98 Å². The van der Waals surface area contributed by atoms with Crippen molar-refractivity contribution in [2.24, 2.45) is 7.05 Å². The molecular weight excluding hydrogens is 290 g/mol. The molecule has 0 aliphatic heterocycles. The Morgan fingerprint density at radius 2 is 2.00 bits per heavy atom. The normalized spacial score (nSPS) is 16.2. The minimum atomic E-state index is -0.605. The number of hydrogen-bond acceptors (Lipinski definition) is 3. The van der Waals surface area contributed by atoms with Gasteiger partial charge >= 0.3 is 0 Å². The van der Waals surface area contributed by atoms with E-state index in [4.69, 9.17) is 9.47 Å². The van der Waals surface area contributed by atoms with Crippen LogP contribution in [0.15, 0.2) is 6.07 Å². The van der Waals surface area contributed by atoms with Gasteiger partial charge in [-0.25, -0.2) is 8.78 Å². The molecule has 1 saturated carbocycles. The lowest BCUT2D eigenvalue weighted by Gasteiger charge is -2.22. The van der Waals surface area contributed by atoms with Gasteiger partial charge in [-0.3, -0.25) is 4.57 Å². The van der Waals surface area contributed by atoms with Crippen LogP contribution >= 0.6 is 0 Å². The van der Waals surface area contributed by atoms with Gasteiger partial charge in [0, 0.05) is 13.1 Å². The standard InChI is InChI=1S/C16H20F2N2O2/c1-3-21-12-9-11(17)14-15(13(12)18)20(2)16(19-14)22-10-7-5-4-6-8-10/h9-10H,3-8H2,1-2H3. The Bertz CT molecular complexity index is 679. The summed E-state index contributed by atoms with van der Waals surface area (Å²) in [7, 11) is 1.63. The monoisotopic (exact) mass is 310 g/mol. The zero-order valence-corrected chi connectivity index (χ0v) is 12.9. The van der Waals surface area contributed by atoms with Crippen LogP contribution in [0.25, 0.3) is 11.0 Å². The van der Waals surface area contributed by atoms with Crippen molar-refractivity contribution in [3.63, 3.8) is 0 Å². The van der Waals surface area contributed by atoms with Crippen molar-refractivity contribution in [2.75, 3.05) is 6.61 Å². The van der Waals surface area contributed by atoms with E-state index in [-0.39, 0.29) is 35.5 Å². The number of imidazole rings is 1. The van der Waals surface area contributed by atoms with Crippen molar-refractivity contribution in [1.29, 1.82) is 0 Å². The van der Waals surface area contributed by atoms with E-state index < -0.39 is 11.6 Å². The highest BCUT2D eigenvalue weighted by atomic mass is 19.1. The van der Waals surface area contributed by atoms with E-state index >= 15 is 0 Å². The summed E-state index contributed by atoms with van der Waals surface area (Å²) in [4.78, 5) is 4.14. The molecule has 0 atom stereocenters. The third-order valence-corrected chi connectivity index (χ3v) is 4.09. The maximum Gasteiger partial charge on any atom is 0.297 e. The van der Waals surface area contributed by atoms with Gasteiger partial charge in [0.25, 0.3) is 6.01 Å². The Labute approximate surface area is 128 Å². The average molecular weight is 310 g/mol. The number of benzene rings is 1. The van der Waals surface area contributed by atoms with E-state index in [0.717, 1.165) is 31.7 Å². The molecule has 0 spiro atoms. The molecule has 1 aromatic heterocycles. The van der Waals surface area contributed by atoms with Crippen LogP contribution in [0.5, 0.6) is 11.8 Å². The minimum Gasteiger partial charge on any atom is -0.491 e. The Hall–Kier alpha value is -1.85. The van der Waals surface area contributed by atoms with E-state index in [9.17, 15) is 8.78 Å². The second-order valence-electron chi connectivity index (χ2n) is 5.63. The van der Waals surface area contributed by atoms with Crippen molar-refractivity contribution in [2.45, 2.75) is 45.1 Å². The summed E-state index contributed by atoms with van der Waals surface area (Å²) in [6.07, 6.45) is 5.43. The van der Waals surface area contributed by atoms with Crippen LogP contribution < -0.4 is 9.47 Å².